The number of amides is 1. The number of aryl methyl sites for hydroxylation is 2. The fourth-order valence-electron chi connectivity index (χ4n) is 4.46. The van der Waals surface area contributed by atoms with Gasteiger partial charge < -0.3 is 10.6 Å². The standard InChI is InChI=1S/C25H26N6OS/c1-16-17(2)33-25-20(16)24(28-23(29-25)19-9-6-10-27-15-19)31-13-11-30(12-14-31)21(22(26)32)18-7-4-3-5-8-18/h3-10,15,21H,11-14H2,1-2H3,(H2,26,32). The lowest BCUT2D eigenvalue weighted by Gasteiger charge is -2.39. The van der Waals surface area contributed by atoms with Crippen LogP contribution in [0, 0.1) is 13.8 Å². The number of rotatable bonds is 5. The van der Waals surface area contributed by atoms with E-state index in [0.29, 0.717) is 5.82 Å². The van der Waals surface area contributed by atoms with E-state index in [1.54, 1.807) is 23.7 Å². The van der Waals surface area contributed by atoms with E-state index in [0.717, 1.165) is 53.3 Å². The van der Waals surface area contributed by atoms with E-state index in [1.165, 1.54) is 10.4 Å². The molecule has 1 amide bonds. The van der Waals surface area contributed by atoms with Crippen molar-refractivity contribution in [3.8, 4) is 11.4 Å². The molecule has 5 rings (SSSR count). The van der Waals surface area contributed by atoms with E-state index in [9.17, 15) is 4.79 Å². The molecule has 1 atom stereocenters. The Labute approximate surface area is 196 Å². The van der Waals surface area contributed by atoms with Gasteiger partial charge in [0.25, 0.3) is 0 Å². The summed E-state index contributed by atoms with van der Waals surface area (Å²) in [6.45, 7) is 7.22. The first-order chi connectivity index (χ1) is 16.0. The molecule has 1 aliphatic heterocycles. The second kappa shape index (κ2) is 8.88. The Morgan fingerprint density at radius 1 is 1.03 bits per heavy atom. The predicted molar refractivity (Wildman–Crippen MR) is 132 cm³/mol. The molecule has 1 fully saturated rings. The number of primary amides is 1. The van der Waals surface area contributed by atoms with Gasteiger partial charge in [0.2, 0.25) is 5.91 Å². The number of hydrogen-bond acceptors (Lipinski definition) is 7. The molecule has 1 aromatic carbocycles. The number of anilines is 1. The Hall–Kier alpha value is -3.36. The minimum absolute atomic E-state index is 0.317. The molecule has 2 N–H and O–H groups in total. The average molecular weight is 459 g/mol. The van der Waals surface area contributed by atoms with Gasteiger partial charge in [0.05, 0.1) is 5.39 Å². The number of piperazine rings is 1. The molecule has 4 heterocycles. The van der Waals surface area contributed by atoms with Crippen LogP contribution in [0.3, 0.4) is 0 Å². The number of thiophene rings is 1. The summed E-state index contributed by atoms with van der Waals surface area (Å²) >= 11 is 1.70. The van der Waals surface area contributed by atoms with Gasteiger partial charge in [-0.3, -0.25) is 14.7 Å². The van der Waals surface area contributed by atoms with Crippen LogP contribution < -0.4 is 10.6 Å². The highest BCUT2D eigenvalue weighted by Gasteiger charge is 2.30. The molecule has 168 valence electrons. The maximum Gasteiger partial charge on any atom is 0.239 e. The number of nitrogens with zero attached hydrogens (tertiary/aromatic N) is 5. The van der Waals surface area contributed by atoms with Crippen molar-refractivity contribution in [2.75, 3.05) is 31.1 Å². The molecule has 1 unspecified atom stereocenters. The summed E-state index contributed by atoms with van der Waals surface area (Å²) in [5.74, 6) is 1.33. The predicted octanol–water partition coefficient (Wildman–Crippen LogP) is 3.72. The minimum Gasteiger partial charge on any atom is -0.368 e. The Morgan fingerprint density at radius 2 is 1.79 bits per heavy atom. The summed E-state index contributed by atoms with van der Waals surface area (Å²) in [4.78, 5) is 33.1. The molecule has 0 aliphatic carbocycles. The van der Waals surface area contributed by atoms with Crippen molar-refractivity contribution >= 4 is 33.3 Å². The lowest BCUT2D eigenvalue weighted by atomic mass is 10.0. The van der Waals surface area contributed by atoms with E-state index in [1.807, 2.05) is 42.5 Å². The summed E-state index contributed by atoms with van der Waals surface area (Å²) < 4.78 is 0. The number of benzene rings is 1. The molecular formula is C25H26N6OS. The summed E-state index contributed by atoms with van der Waals surface area (Å²) in [6, 6.07) is 13.2. The van der Waals surface area contributed by atoms with Crippen LogP contribution in [-0.2, 0) is 4.79 Å². The zero-order valence-electron chi connectivity index (χ0n) is 18.7. The number of nitrogens with two attached hydrogens (primary N) is 1. The molecule has 1 aliphatic rings. The maximum atomic E-state index is 12.3. The van der Waals surface area contributed by atoms with E-state index in [4.69, 9.17) is 15.7 Å². The summed E-state index contributed by atoms with van der Waals surface area (Å²) in [6.07, 6.45) is 3.55. The van der Waals surface area contributed by atoms with Crippen LogP contribution in [0.4, 0.5) is 5.82 Å². The van der Waals surface area contributed by atoms with Crippen molar-refractivity contribution in [2.45, 2.75) is 19.9 Å². The van der Waals surface area contributed by atoms with E-state index >= 15 is 0 Å². The van der Waals surface area contributed by atoms with Gasteiger partial charge in [-0.1, -0.05) is 30.3 Å². The van der Waals surface area contributed by atoms with Gasteiger partial charge >= 0.3 is 0 Å². The molecule has 3 aromatic heterocycles. The Bertz CT molecular complexity index is 1280. The highest BCUT2D eigenvalue weighted by Crippen LogP contribution is 2.37. The monoisotopic (exact) mass is 458 g/mol. The smallest absolute Gasteiger partial charge is 0.239 e. The zero-order chi connectivity index (χ0) is 22.9. The average Bonchev–Trinajstić information content (AvgIpc) is 3.13. The van der Waals surface area contributed by atoms with Crippen LogP contribution in [0.15, 0.2) is 54.9 Å². The van der Waals surface area contributed by atoms with E-state index in [2.05, 4.69) is 28.6 Å². The molecule has 0 radical (unpaired) electrons. The molecule has 7 nitrogen and oxygen atoms in total. The first-order valence-corrected chi connectivity index (χ1v) is 11.9. The summed E-state index contributed by atoms with van der Waals surface area (Å²) in [7, 11) is 0. The lowest BCUT2D eigenvalue weighted by Crippen LogP contribution is -2.50. The molecule has 1 saturated heterocycles. The van der Waals surface area contributed by atoms with E-state index in [-0.39, 0.29) is 5.91 Å². The molecule has 0 bridgehead atoms. The largest absolute Gasteiger partial charge is 0.368 e. The first-order valence-electron chi connectivity index (χ1n) is 11.0. The number of pyridine rings is 1. The quantitative estimate of drug-likeness (QED) is 0.490. The van der Waals surface area contributed by atoms with Crippen LogP contribution in [-0.4, -0.2) is 51.9 Å². The number of hydrogen-bond donors (Lipinski definition) is 1. The van der Waals surface area contributed by atoms with Crippen molar-refractivity contribution in [3.05, 3.63) is 70.9 Å². The number of aromatic nitrogens is 3. The zero-order valence-corrected chi connectivity index (χ0v) is 19.5. The normalized spacial score (nSPS) is 15.6. The third-order valence-electron chi connectivity index (χ3n) is 6.29. The van der Waals surface area contributed by atoms with Crippen LogP contribution in [0.2, 0.25) is 0 Å². The molecule has 0 spiro atoms. The summed E-state index contributed by atoms with van der Waals surface area (Å²) in [5, 5.41) is 1.12. The van der Waals surface area contributed by atoms with Gasteiger partial charge in [-0.25, -0.2) is 9.97 Å². The first kappa shape index (κ1) is 21.5. The Kier molecular flexibility index (Phi) is 5.78. The maximum absolute atomic E-state index is 12.3. The van der Waals surface area contributed by atoms with Crippen LogP contribution in [0.25, 0.3) is 21.6 Å². The molecule has 8 heteroatoms. The molecular weight excluding hydrogens is 432 g/mol. The van der Waals surface area contributed by atoms with Crippen LogP contribution in [0.5, 0.6) is 0 Å². The number of carbonyl (C=O) groups excluding carboxylic acids is 1. The van der Waals surface area contributed by atoms with Crippen molar-refractivity contribution in [1.29, 1.82) is 0 Å². The second-order valence-electron chi connectivity index (χ2n) is 8.31. The third kappa shape index (κ3) is 4.07. The highest BCUT2D eigenvalue weighted by molar-refractivity contribution is 7.18. The van der Waals surface area contributed by atoms with Crippen LogP contribution >= 0.6 is 11.3 Å². The second-order valence-corrected chi connectivity index (χ2v) is 9.52. The summed E-state index contributed by atoms with van der Waals surface area (Å²) in [5.41, 5.74) is 8.87. The van der Waals surface area contributed by atoms with E-state index < -0.39 is 6.04 Å². The Balaban J connectivity index is 1.47. The third-order valence-corrected chi connectivity index (χ3v) is 7.39. The minimum atomic E-state index is -0.421. The van der Waals surface area contributed by atoms with Crippen molar-refractivity contribution in [3.63, 3.8) is 0 Å². The van der Waals surface area contributed by atoms with Gasteiger partial charge in [-0.2, -0.15) is 0 Å². The van der Waals surface area contributed by atoms with Crippen molar-refractivity contribution in [1.82, 2.24) is 19.9 Å². The van der Waals surface area contributed by atoms with Crippen LogP contribution in [0.1, 0.15) is 22.0 Å². The molecule has 0 saturated carbocycles. The van der Waals surface area contributed by atoms with Gasteiger partial charge in [0, 0.05) is 49.0 Å². The van der Waals surface area contributed by atoms with Gasteiger partial charge in [0.1, 0.15) is 16.7 Å². The highest BCUT2D eigenvalue weighted by atomic mass is 32.1. The van der Waals surface area contributed by atoms with Crippen molar-refractivity contribution in [2.24, 2.45) is 5.73 Å². The Morgan fingerprint density at radius 3 is 2.45 bits per heavy atom. The van der Waals surface area contributed by atoms with Gasteiger partial charge in [-0.05, 0) is 37.1 Å². The SMILES string of the molecule is Cc1sc2nc(-c3cccnc3)nc(N3CCN(C(C(N)=O)c4ccccc4)CC3)c2c1C. The lowest BCUT2D eigenvalue weighted by molar-refractivity contribution is -0.123. The fourth-order valence-corrected chi connectivity index (χ4v) is 5.49. The molecule has 33 heavy (non-hydrogen) atoms. The van der Waals surface area contributed by atoms with Gasteiger partial charge in [-0.15, -0.1) is 11.3 Å². The number of fused-ring (bicyclic) bond motifs is 1. The fraction of sp³-hybridized carbons (Fsp3) is 0.280. The van der Waals surface area contributed by atoms with Crippen molar-refractivity contribution < 1.29 is 4.79 Å². The molecule has 4 aromatic rings. The van der Waals surface area contributed by atoms with Gasteiger partial charge in [0.15, 0.2) is 5.82 Å². The number of carbonyl (C=O) groups is 1. The topological polar surface area (TPSA) is 88.2 Å².